The van der Waals surface area contributed by atoms with Gasteiger partial charge in [-0.2, -0.15) is 11.8 Å². The van der Waals surface area contributed by atoms with Crippen molar-refractivity contribution in [2.75, 3.05) is 25.1 Å². The average molecular weight is 256 g/mol. The molecule has 1 aliphatic rings. The first kappa shape index (κ1) is 12.4. The molecule has 1 unspecified atom stereocenters. The molecule has 94 valence electrons. The summed E-state index contributed by atoms with van der Waals surface area (Å²) in [6.45, 7) is 1.55. The lowest BCUT2D eigenvalue weighted by molar-refractivity contribution is 0.0690. The maximum Gasteiger partial charge on any atom is 0.358 e. The molecular formula is C10H16N4O2S. The predicted molar refractivity (Wildman–Crippen MR) is 65.3 cm³/mol. The van der Waals surface area contributed by atoms with Crippen LogP contribution in [-0.2, 0) is 6.54 Å². The van der Waals surface area contributed by atoms with Crippen molar-refractivity contribution in [1.82, 2.24) is 19.9 Å². The highest BCUT2D eigenvalue weighted by Crippen LogP contribution is 2.20. The van der Waals surface area contributed by atoms with Gasteiger partial charge in [-0.25, -0.2) is 4.79 Å². The van der Waals surface area contributed by atoms with E-state index >= 15 is 0 Å². The number of rotatable bonds is 5. The Morgan fingerprint density at radius 3 is 3.18 bits per heavy atom. The first-order valence-corrected chi connectivity index (χ1v) is 6.73. The molecule has 17 heavy (non-hydrogen) atoms. The van der Waals surface area contributed by atoms with Crippen molar-refractivity contribution in [2.24, 2.45) is 0 Å². The first-order chi connectivity index (χ1) is 8.16. The topological polar surface area (TPSA) is 71.2 Å². The second-order valence-electron chi connectivity index (χ2n) is 4.17. The van der Waals surface area contributed by atoms with E-state index in [1.54, 1.807) is 4.68 Å². The van der Waals surface area contributed by atoms with Gasteiger partial charge in [0, 0.05) is 18.3 Å². The molecular weight excluding hydrogens is 240 g/mol. The summed E-state index contributed by atoms with van der Waals surface area (Å²) in [6, 6.07) is 0.641. The summed E-state index contributed by atoms with van der Waals surface area (Å²) in [5, 5.41) is 16.1. The van der Waals surface area contributed by atoms with Gasteiger partial charge in [0.15, 0.2) is 5.69 Å². The molecule has 1 aliphatic heterocycles. The second-order valence-corrected chi connectivity index (χ2v) is 5.32. The molecule has 0 bridgehead atoms. The lowest BCUT2D eigenvalue weighted by Gasteiger charge is -2.22. The maximum atomic E-state index is 10.6. The van der Waals surface area contributed by atoms with Crippen LogP contribution < -0.4 is 0 Å². The Bertz CT molecular complexity index is 389. The fraction of sp³-hybridized carbons (Fsp3) is 0.700. The highest BCUT2D eigenvalue weighted by atomic mass is 32.2. The SMILES string of the molecule is CN(CCn1cc(C(=O)O)nn1)C1CCSC1. The van der Waals surface area contributed by atoms with Gasteiger partial charge in [-0.15, -0.1) is 5.10 Å². The van der Waals surface area contributed by atoms with Crippen molar-refractivity contribution in [2.45, 2.75) is 19.0 Å². The van der Waals surface area contributed by atoms with Gasteiger partial charge in [-0.05, 0) is 19.2 Å². The molecule has 2 heterocycles. The summed E-state index contributed by atoms with van der Waals surface area (Å²) in [6.07, 6.45) is 2.71. The van der Waals surface area contributed by atoms with Crippen LogP contribution in [0.4, 0.5) is 0 Å². The molecule has 0 aliphatic carbocycles. The monoisotopic (exact) mass is 256 g/mol. The Labute approximate surface area is 104 Å². The zero-order valence-corrected chi connectivity index (χ0v) is 10.6. The van der Waals surface area contributed by atoms with Crippen molar-refractivity contribution in [3.05, 3.63) is 11.9 Å². The normalized spacial score (nSPS) is 20.0. The molecule has 6 nitrogen and oxygen atoms in total. The second kappa shape index (κ2) is 5.50. The lowest BCUT2D eigenvalue weighted by Crippen LogP contribution is -2.34. The maximum absolute atomic E-state index is 10.6. The quantitative estimate of drug-likeness (QED) is 0.823. The molecule has 0 amide bonds. The van der Waals surface area contributed by atoms with E-state index in [4.69, 9.17) is 5.11 Å². The third-order valence-corrected chi connectivity index (χ3v) is 4.11. The van der Waals surface area contributed by atoms with Crippen molar-refractivity contribution in [3.8, 4) is 0 Å². The summed E-state index contributed by atoms with van der Waals surface area (Å²) in [7, 11) is 2.10. The zero-order valence-electron chi connectivity index (χ0n) is 9.74. The van der Waals surface area contributed by atoms with Gasteiger partial charge in [0.25, 0.3) is 0 Å². The van der Waals surface area contributed by atoms with Crippen LogP contribution >= 0.6 is 11.8 Å². The van der Waals surface area contributed by atoms with Crippen LogP contribution in [0.5, 0.6) is 0 Å². The predicted octanol–water partition coefficient (Wildman–Crippen LogP) is 0.414. The fourth-order valence-corrected chi connectivity index (χ4v) is 3.12. The Hall–Kier alpha value is -1.08. The minimum atomic E-state index is -1.03. The van der Waals surface area contributed by atoms with E-state index in [9.17, 15) is 4.79 Å². The smallest absolute Gasteiger partial charge is 0.358 e. The number of carboxylic acids is 1. The van der Waals surface area contributed by atoms with Crippen LogP contribution in [0, 0.1) is 0 Å². The number of carboxylic acid groups (broad SMARTS) is 1. The molecule has 1 N–H and O–H groups in total. The van der Waals surface area contributed by atoms with E-state index in [-0.39, 0.29) is 5.69 Å². The average Bonchev–Trinajstić information content (AvgIpc) is 2.97. The van der Waals surface area contributed by atoms with Gasteiger partial charge >= 0.3 is 5.97 Å². The van der Waals surface area contributed by atoms with Crippen LogP contribution in [0.3, 0.4) is 0 Å². The van der Waals surface area contributed by atoms with E-state index in [1.807, 2.05) is 11.8 Å². The Kier molecular flexibility index (Phi) is 4.01. The molecule has 0 saturated carbocycles. The van der Waals surface area contributed by atoms with E-state index < -0.39 is 5.97 Å². The Morgan fingerprint density at radius 1 is 1.76 bits per heavy atom. The third-order valence-electron chi connectivity index (χ3n) is 2.97. The molecule has 1 fully saturated rings. The van der Waals surface area contributed by atoms with Gasteiger partial charge in [-0.1, -0.05) is 5.21 Å². The van der Waals surface area contributed by atoms with Crippen LogP contribution in [0.2, 0.25) is 0 Å². The minimum Gasteiger partial charge on any atom is -0.476 e. The van der Waals surface area contributed by atoms with Crippen molar-refractivity contribution in [1.29, 1.82) is 0 Å². The standard InChI is InChI=1S/C10H16N4O2S/c1-13(8-2-5-17-7-8)3-4-14-6-9(10(15)16)11-12-14/h6,8H,2-5,7H2,1H3,(H,15,16). The number of hydrogen-bond donors (Lipinski definition) is 1. The van der Waals surface area contributed by atoms with Gasteiger partial charge < -0.3 is 10.0 Å². The summed E-state index contributed by atoms with van der Waals surface area (Å²) in [5.41, 5.74) is 0.00377. The van der Waals surface area contributed by atoms with Crippen LogP contribution in [0.15, 0.2) is 6.20 Å². The molecule has 0 aromatic carbocycles. The van der Waals surface area contributed by atoms with E-state index in [1.165, 1.54) is 24.1 Å². The van der Waals surface area contributed by atoms with E-state index in [0.717, 1.165) is 6.54 Å². The number of aromatic nitrogens is 3. The van der Waals surface area contributed by atoms with Crippen molar-refractivity contribution >= 4 is 17.7 Å². The lowest BCUT2D eigenvalue weighted by atomic mass is 10.2. The number of hydrogen-bond acceptors (Lipinski definition) is 5. The van der Waals surface area contributed by atoms with Gasteiger partial charge in [0.2, 0.25) is 0 Å². The molecule has 1 aromatic heterocycles. The summed E-state index contributed by atoms with van der Waals surface area (Å²) in [4.78, 5) is 12.9. The number of thioether (sulfide) groups is 1. The summed E-state index contributed by atoms with van der Waals surface area (Å²) >= 11 is 1.99. The van der Waals surface area contributed by atoms with Gasteiger partial charge in [0.1, 0.15) is 0 Å². The Morgan fingerprint density at radius 2 is 2.59 bits per heavy atom. The highest BCUT2D eigenvalue weighted by molar-refractivity contribution is 7.99. The largest absolute Gasteiger partial charge is 0.476 e. The van der Waals surface area contributed by atoms with Crippen LogP contribution in [-0.4, -0.2) is 62.1 Å². The minimum absolute atomic E-state index is 0.00377. The van der Waals surface area contributed by atoms with Crippen LogP contribution in [0.25, 0.3) is 0 Å². The van der Waals surface area contributed by atoms with Crippen LogP contribution in [0.1, 0.15) is 16.9 Å². The zero-order chi connectivity index (χ0) is 12.3. The van der Waals surface area contributed by atoms with Gasteiger partial charge in [-0.3, -0.25) is 4.68 Å². The molecule has 1 atom stereocenters. The van der Waals surface area contributed by atoms with Crippen molar-refractivity contribution < 1.29 is 9.90 Å². The van der Waals surface area contributed by atoms with Gasteiger partial charge in [0.05, 0.1) is 12.7 Å². The molecule has 1 aromatic rings. The van der Waals surface area contributed by atoms with Crippen molar-refractivity contribution in [3.63, 3.8) is 0 Å². The molecule has 0 radical (unpaired) electrons. The highest BCUT2D eigenvalue weighted by Gasteiger charge is 2.19. The number of aromatic carboxylic acids is 1. The first-order valence-electron chi connectivity index (χ1n) is 5.58. The molecule has 2 rings (SSSR count). The fourth-order valence-electron chi connectivity index (χ4n) is 1.82. The number of likely N-dealkylation sites (N-methyl/N-ethyl adjacent to an activating group) is 1. The van der Waals surface area contributed by atoms with E-state index in [0.29, 0.717) is 12.6 Å². The van der Waals surface area contributed by atoms with E-state index in [2.05, 4.69) is 22.3 Å². The third kappa shape index (κ3) is 3.19. The molecule has 1 saturated heterocycles. The number of carbonyl (C=O) groups is 1. The molecule has 0 spiro atoms. The molecule has 7 heteroatoms. The Balaban J connectivity index is 1.82. The summed E-state index contributed by atoms with van der Waals surface area (Å²) in [5.74, 6) is 1.40. The summed E-state index contributed by atoms with van der Waals surface area (Å²) < 4.78 is 1.59. The number of nitrogens with zero attached hydrogens (tertiary/aromatic N) is 4.